The molecule has 1 unspecified atom stereocenters. The molecule has 0 aromatic carbocycles. The van der Waals surface area contributed by atoms with Gasteiger partial charge in [0.1, 0.15) is 5.82 Å². The van der Waals surface area contributed by atoms with Gasteiger partial charge in [-0.15, -0.1) is 0 Å². The lowest BCUT2D eigenvalue weighted by molar-refractivity contribution is 0.0594. The van der Waals surface area contributed by atoms with E-state index in [4.69, 9.17) is 5.73 Å². The number of hydrogen-bond donors (Lipinski definition) is 2. The van der Waals surface area contributed by atoms with Gasteiger partial charge in [-0.3, -0.25) is 0 Å². The van der Waals surface area contributed by atoms with E-state index in [-0.39, 0.29) is 11.7 Å². The quantitative estimate of drug-likeness (QED) is 0.791. The molecule has 0 saturated carbocycles. The zero-order valence-corrected chi connectivity index (χ0v) is 12.1. The second-order valence-electron chi connectivity index (χ2n) is 5.18. The van der Waals surface area contributed by atoms with Crippen molar-refractivity contribution in [2.45, 2.75) is 25.8 Å². The van der Waals surface area contributed by atoms with Crippen molar-refractivity contribution in [1.82, 2.24) is 9.88 Å². The summed E-state index contributed by atoms with van der Waals surface area (Å²) < 4.78 is 4.67. The van der Waals surface area contributed by atoms with Gasteiger partial charge in [0.25, 0.3) is 0 Å². The summed E-state index contributed by atoms with van der Waals surface area (Å²) in [5.41, 5.74) is 6.69. The van der Waals surface area contributed by atoms with Crippen LogP contribution in [0.5, 0.6) is 0 Å². The van der Waals surface area contributed by atoms with Crippen molar-refractivity contribution in [3.05, 3.63) is 17.8 Å². The van der Waals surface area contributed by atoms with E-state index in [1.165, 1.54) is 20.0 Å². The molecule has 1 aromatic heterocycles. The fourth-order valence-electron chi connectivity index (χ4n) is 2.44. The number of nitrogens with zero attached hydrogens (tertiary/aromatic N) is 2. The first-order valence-corrected chi connectivity index (χ1v) is 6.94. The molecule has 0 amide bonds. The average molecular weight is 278 g/mol. The number of rotatable bonds is 5. The lowest BCUT2D eigenvalue weighted by Gasteiger charge is -2.22. The maximum Gasteiger partial charge on any atom is 0.356 e. The van der Waals surface area contributed by atoms with E-state index in [9.17, 15) is 4.79 Å². The molecule has 0 spiro atoms. The third-order valence-corrected chi connectivity index (χ3v) is 3.43. The number of likely N-dealkylation sites (tertiary alicyclic amines) is 1. The van der Waals surface area contributed by atoms with Crippen LogP contribution in [-0.2, 0) is 4.74 Å². The summed E-state index contributed by atoms with van der Waals surface area (Å²) in [7, 11) is 1.34. The van der Waals surface area contributed by atoms with Crippen LogP contribution in [0.4, 0.5) is 11.5 Å². The second-order valence-corrected chi connectivity index (χ2v) is 5.18. The number of esters is 1. The lowest BCUT2D eigenvalue weighted by atomic mass is 10.2. The van der Waals surface area contributed by atoms with E-state index in [2.05, 4.69) is 26.9 Å². The number of methoxy groups -OCH3 is 1. The highest BCUT2D eigenvalue weighted by atomic mass is 16.5. The van der Waals surface area contributed by atoms with Crippen LogP contribution in [0.3, 0.4) is 0 Å². The Morgan fingerprint density at radius 1 is 1.50 bits per heavy atom. The van der Waals surface area contributed by atoms with Crippen molar-refractivity contribution >= 4 is 17.5 Å². The van der Waals surface area contributed by atoms with Gasteiger partial charge in [-0.1, -0.05) is 0 Å². The molecule has 110 valence electrons. The van der Waals surface area contributed by atoms with Crippen molar-refractivity contribution < 1.29 is 9.53 Å². The van der Waals surface area contributed by atoms with Crippen molar-refractivity contribution in [3.8, 4) is 0 Å². The Bertz CT molecular complexity index is 472. The molecule has 2 heterocycles. The van der Waals surface area contributed by atoms with Crippen LogP contribution < -0.4 is 11.1 Å². The van der Waals surface area contributed by atoms with E-state index in [1.807, 2.05) is 0 Å². The monoisotopic (exact) mass is 278 g/mol. The third kappa shape index (κ3) is 3.60. The van der Waals surface area contributed by atoms with Crippen molar-refractivity contribution in [3.63, 3.8) is 0 Å². The van der Waals surface area contributed by atoms with E-state index in [1.54, 1.807) is 12.1 Å². The third-order valence-electron chi connectivity index (χ3n) is 3.43. The fraction of sp³-hybridized carbons (Fsp3) is 0.571. The zero-order chi connectivity index (χ0) is 14.5. The minimum Gasteiger partial charge on any atom is -0.464 e. The number of ether oxygens (including phenoxy) is 1. The SMILES string of the molecule is COC(=O)c1ccc(N)c(NC(C)CN2CCCC2)n1. The largest absolute Gasteiger partial charge is 0.464 e. The number of carbonyl (C=O) groups excluding carboxylic acids is 1. The molecule has 2 rings (SSSR count). The number of nitrogen functional groups attached to an aromatic ring is 1. The van der Waals surface area contributed by atoms with Crippen LogP contribution in [0.15, 0.2) is 12.1 Å². The maximum atomic E-state index is 11.5. The molecule has 1 aromatic rings. The minimum atomic E-state index is -0.458. The van der Waals surface area contributed by atoms with Gasteiger partial charge in [-0.05, 0) is 45.0 Å². The predicted octanol–water partition coefficient (Wildman–Crippen LogP) is 1.35. The normalized spacial score (nSPS) is 16.9. The number of carbonyl (C=O) groups is 1. The number of pyridine rings is 1. The van der Waals surface area contributed by atoms with Gasteiger partial charge in [0, 0.05) is 12.6 Å². The van der Waals surface area contributed by atoms with E-state index in [0.717, 1.165) is 19.6 Å². The Morgan fingerprint density at radius 2 is 2.20 bits per heavy atom. The number of nitrogens with one attached hydrogen (secondary N) is 1. The second kappa shape index (κ2) is 6.56. The summed E-state index contributed by atoms with van der Waals surface area (Å²) in [4.78, 5) is 18.1. The minimum absolute atomic E-state index is 0.218. The Balaban J connectivity index is 2.01. The molecule has 1 fully saturated rings. The molecular weight excluding hydrogens is 256 g/mol. The molecule has 1 saturated heterocycles. The van der Waals surface area contributed by atoms with Crippen molar-refractivity contribution in [2.24, 2.45) is 0 Å². The van der Waals surface area contributed by atoms with Crippen molar-refractivity contribution in [1.29, 1.82) is 0 Å². The highest BCUT2D eigenvalue weighted by molar-refractivity contribution is 5.88. The number of anilines is 2. The molecule has 1 aliphatic heterocycles. The van der Waals surface area contributed by atoms with E-state index >= 15 is 0 Å². The maximum absolute atomic E-state index is 11.5. The summed E-state index contributed by atoms with van der Waals surface area (Å²) in [6.45, 7) is 5.34. The standard InChI is InChI=1S/C14H22N4O2/c1-10(9-18-7-3-4-8-18)16-13-11(15)5-6-12(17-13)14(19)20-2/h5-6,10H,3-4,7-9,15H2,1-2H3,(H,16,17). The van der Waals surface area contributed by atoms with Crippen LogP contribution in [0, 0.1) is 0 Å². The van der Waals surface area contributed by atoms with Gasteiger partial charge < -0.3 is 20.7 Å². The summed E-state index contributed by atoms with van der Waals surface area (Å²) >= 11 is 0. The van der Waals surface area contributed by atoms with Gasteiger partial charge in [-0.25, -0.2) is 9.78 Å². The molecule has 6 nitrogen and oxygen atoms in total. The fourth-order valence-corrected chi connectivity index (χ4v) is 2.44. The van der Waals surface area contributed by atoms with Gasteiger partial charge in [0.15, 0.2) is 5.69 Å². The van der Waals surface area contributed by atoms with E-state index in [0.29, 0.717) is 11.5 Å². The van der Waals surface area contributed by atoms with Crippen LogP contribution in [0.2, 0.25) is 0 Å². The average Bonchev–Trinajstić information content (AvgIpc) is 2.93. The first-order chi connectivity index (χ1) is 9.60. The van der Waals surface area contributed by atoms with Crippen LogP contribution in [-0.4, -0.2) is 48.6 Å². The molecule has 6 heteroatoms. The predicted molar refractivity (Wildman–Crippen MR) is 78.7 cm³/mol. The Kier molecular flexibility index (Phi) is 4.79. The Labute approximate surface area is 119 Å². The highest BCUT2D eigenvalue weighted by Crippen LogP contribution is 2.18. The summed E-state index contributed by atoms with van der Waals surface area (Å²) in [5, 5.41) is 3.27. The Hall–Kier alpha value is -1.82. The summed E-state index contributed by atoms with van der Waals surface area (Å²) in [6, 6.07) is 3.46. The van der Waals surface area contributed by atoms with E-state index < -0.39 is 5.97 Å². The Morgan fingerprint density at radius 3 is 2.85 bits per heavy atom. The lowest BCUT2D eigenvalue weighted by Crippen LogP contribution is -2.33. The number of hydrogen-bond acceptors (Lipinski definition) is 6. The molecule has 0 radical (unpaired) electrons. The molecular formula is C14H22N4O2. The molecule has 3 N–H and O–H groups in total. The first-order valence-electron chi connectivity index (χ1n) is 6.94. The van der Waals surface area contributed by atoms with Crippen LogP contribution >= 0.6 is 0 Å². The number of nitrogens with two attached hydrogens (primary N) is 1. The van der Waals surface area contributed by atoms with Gasteiger partial charge in [0.2, 0.25) is 0 Å². The summed E-state index contributed by atoms with van der Waals surface area (Å²) in [6.07, 6.45) is 2.54. The summed E-state index contributed by atoms with van der Waals surface area (Å²) in [5.74, 6) is 0.0832. The zero-order valence-electron chi connectivity index (χ0n) is 12.1. The van der Waals surface area contributed by atoms with Gasteiger partial charge in [0.05, 0.1) is 12.8 Å². The van der Waals surface area contributed by atoms with Crippen LogP contribution in [0.1, 0.15) is 30.3 Å². The molecule has 1 aliphatic rings. The van der Waals surface area contributed by atoms with Crippen molar-refractivity contribution in [2.75, 3.05) is 37.8 Å². The van der Waals surface area contributed by atoms with Gasteiger partial charge >= 0.3 is 5.97 Å². The topological polar surface area (TPSA) is 80.5 Å². The van der Waals surface area contributed by atoms with Crippen LogP contribution in [0.25, 0.3) is 0 Å². The molecule has 20 heavy (non-hydrogen) atoms. The molecule has 0 bridgehead atoms. The molecule has 0 aliphatic carbocycles. The smallest absolute Gasteiger partial charge is 0.356 e. The highest BCUT2D eigenvalue weighted by Gasteiger charge is 2.16. The molecule has 1 atom stereocenters. The number of aromatic nitrogens is 1. The first kappa shape index (κ1) is 14.6. The van der Waals surface area contributed by atoms with Gasteiger partial charge in [-0.2, -0.15) is 0 Å².